The van der Waals surface area contributed by atoms with Crippen molar-refractivity contribution < 1.29 is 14.6 Å². The number of aromatic hydroxyl groups is 2. The van der Waals surface area contributed by atoms with E-state index in [9.17, 15) is 14.6 Å². The number of benzene rings is 2. The van der Waals surface area contributed by atoms with E-state index in [1.807, 2.05) is 6.92 Å². The van der Waals surface area contributed by atoms with Crippen LogP contribution in [0.2, 0.25) is 0 Å². The zero-order valence-electron chi connectivity index (χ0n) is 13.1. The van der Waals surface area contributed by atoms with Crippen molar-refractivity contribution in [3.63, 3.8) is 0 Å². The lowest BCUT2D eigenvalue weighted by Crippen LogP contribution is -2.02. The number of pyridine rings is 1. The highest BCUT2D eigenvalue weighted by Crippen LogP contribution is 2.37. The van der Waals surface area contributed by atoms with Crippen LogP contribution >= 0.6 is 0 Å². The minimum atomic E-state index is -0.520. The van der Waals surface area contributed by atoms with Gasteiger partial charge in [0.05, 0.1) is 0 Å². The predicted octanol–water partition coefficient (Wildman–Crippen LogP) is 4.11. The summed E-state index contributed by atoms with van der Waals surface area (Å²) < 4.78 is 14.3. The fourth-order valence-electron chi connectivity index (χ4n) is 2.84. The average Bonchev–Trinajstić information content (AvgIpc) is 2.56. The molecule has 0 radical (unpaired) electrons. The fourth-order valence-corrected chi connectivity index (χ4v) is 2.84. The van der Waals surface area contributed by atoms with Gasteiger partial charge in [-0.05, 0) is 41.8 Å². The van der Waals surface area contributed by atoms with Crippen LogP contribution in [-0.2, 0) is 6.42 Å². The third kappa shape index (κ3) is 2.76. The van der Waals surface area contributed by atoms with Crippen molar-refractivity contribution in [2.75, 3.05) is 5.73 Å². The first-order valence-electron chi connectivity index (χ1n) is 7.57. The van der Waals surface area contributed by atoms with E-state index in [4.69, 9.17) is 5.73 Å². The van der Waals surface area contributed by atoms with Crippen LogP contribution in [0.5, 0.6) is 11.5 Å². The van der Waals surface area contributed by atoms with Gasteiger partial charge in [-0.15, -0.1) is 0 Å². The zero-order chi connectivity index (χ0) is 17.3. The quantitative estimate of drug-likeness (QED) is 0.677. The number of nitrogens with two attached hydrogens (primary N) is 1. The Morgan fingerprint density at radius 1 is 1.00 bits per heavy atom. The number of hydrogen-bond acceptors (Lipinski definition) is 4. The Kier molecular flexibility index (Phi) is 4.08. The molecule has 3 aromatic rings. The summed E-state index contributed by atoms with van der Waals surface area (Å²) in [7, 11) is 0. The van der Waals surface area contributed by atoms with Crippen LogP contribution in [0.25, 0.3) is 22.3 Å². The molecule has 0 fully saturated rings. The minimum Gasteiger partial charge on any atom is -0.508 e. The summed E-state index contributed by atoms with van der Waals surface area (Å²) in [5, 5.41) is 18.9. The number of phenolic OH excluding ortho intramolecular Hbond substituents is 2. The molecule has 0 aliphatic carbocycles. The minimum absolute atomic E-state index is 0.128. The Morgan fingerprint density at radius 3 is 2.29 bits per heavy atom. The van der Waals surface area contributed by atoms with Gasteiger partial charge in [0.15, 0.2) is 0 Å². The Morgan fingerprint density at radius 2 is 1.67 bits per heavy atom. The number of halogens is 1. The van der Waals surface area contributed by atoms with Crippen molar-refractivity contribution in [1.29, 1.82) is 0 Å². The molecule has 3 rings (SSSR count). The van der Waals surface area contributed by atoms with Crippen LogP contribution in [0, 0.1) is 5.82 Å². The Bertz CT molecular complexity index is 893. The number of rotatable bonds is 3. The van der Waals surface area contributed by atoms with Crippen molar-refractivity contribution in [3.05, 3.63) is 60.0 Å². The summed E-state index contributed by atoms with van der Waals surface area (Å²) >= 11 is 0. The van der Waals surface area contributed by atoms with Crippen LogP contribution < -0.4 is 5.73 Å². The van der Waals surface area contributed by atoms with Gasteiger partial charge in [0.2, 0.25) is 0 Å². The molecule has 0 bridgehead atoms. The molecule has 0 aliphatic rings. The fraction of sp³-hybridized carbons (Fsp3) is 0.105. The summed E-state index contributed by atoms with van der Waals surface area (Å²) in [6.07, 6.45) is 2.17. The number of hydrogen-bond donors (Lipinski definition) is 3. The van der Waals surface area contributed by atoms with Crippen molar-refractivity contribution in [3.8, 4) is 33.8 Å². The zero-order valence-corrected chi connectivity index (χ0v) is 13.1. The molecule has 4 N–H and O–H groups in total. The topological polar surface area (TPSA) is 79.4 Å². The van der Waals surface area contributed by atoms with Crippen LogP contribution in [0.1, 0.15) is 12.5 Å². The van der Waals surface area contributed by atoms with E-state index in [1.54, 1.807) is 30.5 Å². The first-order chi connectivity index (χ1) is 11.5. The van der Waals surface area contributed by atoms with Crippen LogP contribution in [-0.4, -0.2) is 15.2 Å². The van der Waals surface area contributed by atoms with Gasteiger partial charge in [-0.3, -0.25) is 0 Å². The molecule has 1 aromatic heterocycles. The van der Waals surface area contributed by atoms with E-state index >= 15 is 0 Å². The third-order valence-corrected chi connectivity index (χ3v) is 3.97. The second-order valence-electron chi connectivity index (χ2n) is 5.48. The van der Waals surface area contributed by atoms with Gasteiger partial charge < -0.3 is 15.9 Å². The first kappa shape index (κ1) is 15.8. The number of nitrogens with zero attached hydrogens (tertiary/aromatic N) is 1. The maximum Gasteiger partial charge on any atom is 0.134 e. The van der Waals surface area contributed by atoms with E-state index in [2.05, 4.69) is 4.98 Å². The smallest absolute Gasteiger partial charge is 0.134 e. The van der Waals surface area contributed by atoms with Crippen LogP contribution in [0.4, 0.5) is 10.2 Å². The molecule has 0 saturated carbocycles. The predicted molar refractivity (Wildman–Crippen MR) is 92.2 cm³/mol. The molecule has 1 heterocycles. The van der Waals surface area contributed by atoms with Gasteiger partial charge in [0, 0.05) is 29.0 Å². The molecule has 0 atom stereocenters. The molecule has 2 aromatic carbocycles. The normalized spacial score (nSPS) is 10.8. The summed E-state index contributed by atoms with van der Waals surface area (Å²) in [4.78, 5) is 4.21. The molecule has 0 saturated heterocycles. The van der Waals surface area contributed by atoms with Gasteiger partial charge in [-0.25, -0.2) is 9.37 Å². The molecule has 5 heteroatoms. The third-order valence-electron chi connectivity index (χ3n) is 3.97. The highest BCUT2D eigenvalue weighted by Gasteiger charge is 2.17. The van der Waals surface area contributed by atoms with E-state index in [0.717, 1.165) is 22.8 Å². The molecule has 4 nitrogen and oxygen atoms in total. The largest absolute Gasteiger partial charge is 0.508 e. The Labute approximate surface area is 139 Å². The monoisotopic (exact) mass is 324 g/mol. The van der Waals surface area contributed by atoms with Crippen LogP contribution in [0.3, 0.4) is 0 Å². The molecule has 0 spiro atoms. The molecule has 0 unspecified atom stereocenters. The van der Waals surface area contributed by atoms with Gasteiger partial charge >= 0.3 is 0 Å². The van der Waals surface area contributed by atoms with Crippen molar-refractivity contribution >= 4 is 5.82 Å². The summed E-state index contributed by atoms with van der Waals surface area (Å²) in [5.74, 6) is -0.145. The number of aromatic nitrogens is 1. The second kappa shape index (κ2) is 6.20. The Hall–Kier alpha value is -3.08. The van der Waals surface area contributed by atoms with E-state index in [0.29, 0.717) is 23.4 Å². The molecular formula is C19H17FN2O2. The van der Waals surface area contributed by atoms with E-state index in [-0.39, 0.29) is 11.5 Å². The number of anilines is 1. The lowest BCUT2D eigenvalue weighted by Gasteiger charge is -2.16. The maximum absolute atomic E-state index is 14.3. The lowest BCUT2D eigenvalue weighted by molar-refractivity contribution is 0.469. The summed E-state index contributed by atoms with van der Waals surface area (Å²) in [5.41, 5.74) is 9.44. The molecule has 24 heavy (non-hydrogen) atoms. The van der Waals surface area contributed by atoms with E-state index in [1.165, 1.54) is 12.1 Å². The van der Waals surface area contributed by atoms with Gasteiger partial charge in [0.1, 0.15) is 23.1 Å². The van der Waals surface area contributed by atoms with Gasteiger partial charge in [-0.1, -0.05) is 19.1 Å². The Balaban J connectivity index is 2.26. The molecular weight excluding hydrogens is 307 g/mol. The molecule has 0 amide bonds. The summed E-state index contributed by atoms with van der Waals surface area (Å²) in [6.45, 7) is 1.96. The molecule has 122 valence electrons. The van der Waals surface area contributed by atoms with Crippen molar-refractivity contribution in [1.82, 2.24) is 4.98 Å². The highest BCUT2D eigenvalue weighted by molar-refractivity contribution is 5.84. The number of nitrogen functional groups attached to an aromatic ring is 1. The first-order valence-corrected chi connectivity index (χ1v) is 7.57. The van der Waals surface area contributed by atoms with Crippen molar-refractivity contribution in [2.45, 2.75) is 13.3 Å². The maximum atomic E-state index is 14.3. The van der Waals surface area contributed by atoms with Crippen LogP contribution in [0.15, 0.2) is 48.7 Å². The standard InChI is InChI=1S/C19H17FN2O2/c1-2-14-16(15-8-7-13(24)9-17(15)20)10-22-19(21)18(14)11-3-5-12(23)6-4-11/h3-10,23-24H,2H2,1H3,(H2,21,22). The number of phenols is 2. The highest BCUT2D eigenvalue weighted by atomic mass is 19.1. The second-order valence-corrected chi connectivity index (χ2v) is 5.48. The van der Waals surface area contributed by atoms with Gasteiger partial charge in [-0.2, -0.15) is 0 Å². The van der Waals surface area contributed by atoms with E-state index < -0.39 is 5.82 Å². The lowest BCUT2D eigenvalue weighted by atomic mass is 9.91. The average molecular weight is 324 g/mol. The summed E-state index contributed by atoms with van der Waals surface area (Å²) in [6, 6.07) is 10.7. The SMILES string of the molecule is CCc1c(-c2ccc(O)cc2F)cnc(N)c1-c1ccc(O)cc1. The van der Waals surface area contributed by atoms with Gasteiger partial charge in [0.25, 0.3) is 0 Å². The van der Waals surface area contributed by atoms with Crippen molar-refractivity contribution in [2.24, 2.45) is 0 Å². The molecule has 0 aliphatic heterocycles.